The zero-order chi connectivity index (χ0) is 18.6. The molecule has 2 heterocycles. The Hall–Kier alpha value is -2.49. The highest BCUT2D eigenvalue weighted by Crippen LogP contribution is 2.30. The van der Waals surface area contributed by atoms with E-state index in [1.54, 1.807) is 13.0 Å². The molecule has 0 amide bonds. The average molecular weight is 391 g/mol. The first-order valence-corrected chi connectivity index (χ1v) is 10.2. The molecule has 0 radical (unpaired) electrons. The maximum Gasteiger partial charge on any atom is 0.321 e. The predicted molar refractivity (Wildman–Crippen MR) is 98.7 cm³/mol. The molecule has 0 spiro atoms. The van der Waals surface area contributed by atoms with Crippen molar-refractivity contribution >= 4 is 27.3 Å². The van der Waals surface area contributed by atoms with Crippen molar-refractivity contribution in [3.05, 3.63) is 54.0 Å². The van der Waals surface area contributed by atoms with E-state index in [1.165, 1.54) is 22.2 Å². The third-order valence-electron chi connectivity index (χ3n) is 3.46. The van der Waals surface area contributed by atoms with Gasteiger partial charge >= 0.3 is 5.97 Å². The summed E-state index contributed by atoms with van der Waals surface area (Å²) in [6.07, 6.45) is 1.44. The Bertz CT molecular complexity index is 980. The number of ether oxygens (including phenoxy) is 1. The fraction of sp³-hybridized carbons (Fsp3) is 0.176. The van der Waals surface area contributed by atoms with Gasteiger partial charge in [-0.05, 0) is 30.5 Å². The van der Waals surface area contributed by atoms with Gasteiger partial charge in [-0.3, -0.25) is 4.79 Å². The molecule has 0 aliphatic rings. The van der Waals surface area contributed by atoms with Gasteiger partial charge in [0.25, 0.3) is 0 Å². The third kappa shape index (κ3) is 4.01. The lowest BCUT2D eigenvalue weighted by atomic mass is 10.3. The maximum atomic E-state index is 12.7. The molecular formula is C17H17N3O4S2. The summed E-state index contributed by atoms with van der Waals surface area (Å²) in [6.45, 7) is 1.41. The van der Waals surface area contributed by atoms with Gasteiger partial charge in [0.2, 0.25) is 10.0 Å². The van der Waals surface area contributed by atoms with Crippen LogP contribution in [0.25, 0.3) is 16.3 Å². The standard InChI is InChI=1S/C17H17N3O4S2/c1-2-24-16(21)11-18-26(22,23)15-12-20(13-7-4-3-5-8-13)19-17(15)14-9-6-10-25-14/h3-10,12,18H,2,11H2,1H3. The second-order valence-electron chi connectivity index (χ2n) is 5.23. The Morgan fingerprint density at radius 3 is 2.65 bits per heavy atom. The van der Waals surface area contributed by atoms with Gasteiger partial charge in [-0.25, -0.2) is 13.1 Å². The largest absolute Gasteiger partial charge is 0.465 e. The highest BCUT2D eigenvalue weighted by molar-refractivity contribution is 7.89. The number of thiophene rings is 1. The smallest absolute Gasteiger partial charge is 0.321 e. The summed E-state index contributed by atoms with van der Waals surface area (Å²) in [6, 6.07) is 12.8. The Morgan fingerprint density at radius 1 is 1.23 bits per heavy atom. The number of esters is 1. The lowest BCUT2D eigenvalue weighted by Gasteiger charge is -2.05. The first-order chi connectivity index (χ1) is 12.5. The summed E-state index contributed by atoms with van der Waals surface area (Å²) in [4.78, 5) is 12.2. The van der Waals surface area contributed by atoms with E-state index in [1.807, 2.05) is 41.8 Å². The van der Waals surface area contributed by atoms with Crippen LogP contribution in [0.1, 0.15) is 6.92 Å². The Balaban J connectivity index is 1.99. The number of rotatable bonds is 7. The minimum atomic E-state index is -3.95. The first-order valence-electron chi connectivity index (χ1n) is 7.85. The molecule has 7 nitrogen and oxygen atoms in total. The molecule has 136 valence electrons. The number of hydrogen-bond donors (Lipinski definition) is 1. The fourth-order valence-corrected chi connectivity index (χ4v) is 4.19. The summed E-state index contributed by atoms with van der Waals surface area (Å²) in [5, 5.41) is 6.29. The molecule has 0 fully saturated rings. The van der Waals surface area contributed by atoms with E-state index in [-0.39, 0.29) is 11.5 Å². The summed E-state index contributed by atoms with van der Waals surface area (Å²) in [7, 11) is -3.95. The normalized spacial score (nSPS) is 11.4. The van der Waals surface area contributed by atoms with Crippen molar-refractivity contribution in [1.82, 2.24) is 14.5 Å². The molecule has 0 aliphatic carbocycles. The minimum Gasteiger partial charge on any atom is -0.465 e. The van der Waals surface area contributed by atoms with Crippen molar-refractivity contribution in [2.24, 2.45) is 0 Å². The van der Waals surface area contributed by atoms with Gasteiger partial charge in [-0.15, -0.1) is 11.3 Å². The van der Waals surface area contributed by atoms with Gasteiger partial charge in [0.15, 0.2) is 0 Å². The van der Waals surface area contributed by atoms with E-state index < -0.39 is 22.5 Å². The number of para-hydroxylation sites is 1. The molecule has 9 heteroatoms. The van der Waals surface area contributed by atoms with Gasteiger partial charge in [0, 0.05) is 0 Å². The van der Waals surface area contributed by atoms with Crippen LogP contribution < -0.4 is 4.72 Å². The Kier molecular flexibility index (Phi) is 5.50. The number of nitrogens with zero attached hydrogens (tertiary/aromatic N) is 2. The number of benzene rings is 1. The number of carbonyl (C=O) groups is 1. The molecule has 1 N–H and O–H groups in total. The lowest BCUT2D eigenvalue weighted by Crippen LogP contribution is -2.30. The van der Waals surface area contributed by atoms with E-state index in [9.17, 15) is 13.2 Å². The number of hydrogen-bond acceptors (Lipinski definition) is 6. The second-order valence-corrected chi connectivity index (χ2v) is 7.91. The molecule has 0 atom stereocenters. The molecule has 3 rings (SSSR count). The molecule has 0 bridgehead atoms. The van der Waals surface area contributed by atoms with Crippen molar-refractivity contribution in [2.45, 2.75) is 11.8 Å². The molecule has 26 heavy (non-hydrogen) atoms. The molecule has 3 aromatic rings. The van der Waals surface area contributed by atoms with E-state index in [4.69, 9.17) is 4.74 Å². The Labute approximate surface area is 155 Å². The summed E-state index contributed by atoms with van der Waals surface area (Å²) >= 11 is 1.39. The van der Waals surface area contributed by atoms with Crippen LogP contribution in [0.4, 0.5) is 0 Å². The summed E-state index contributed by atoms with van der Waals surface area (Å²) in [5.74, 6) is -0.635. The van der Waals surface area contributed by atoms with Crippen LogP contribution in [0.3, 0.4) is 0 Å². The zero-order valence-electron chi connectivity index (χ0n) is 14.0. The van der Waals surface area contributed by atoms with Gasteiger partial charge < -0.3 is 4.74 Å². The lowest BCUT2D eigenvalue weighted by molar-refractivity contribution is -0.141. The van der Waals surface area contributed by atoms with Gasteiger partial charge in [0.05, 0.1) is 23.4 Å². The quantitative estimate of drug-likeness (QED) is 0.625. The molecule has 0 unspecified atom stereocenters. The zero-order valence-corrected chi connectivity index (χ0v) is 15.6. The van der Waals surface area contributed by atoms with Crippen molar-refractivity contribution in [2.75, 3.05) is 13.2 Å². The molecule has 0 saturated heterocycles. The summed E-state index contributed by atoms with van der Waals surface area (Å²) in [5.41, 5.74) is 1.07. The molecule has 0 saturated carbocycles. The molecular weight excluding hydrogens is 374 g/mol. The van der Waals surface area contributed by atoms with Crippen molar-refractivity contribution in [3.63, 3.8) is 0 Å². The fourth-order valence-electron chi connectivity index (χ4n) is 2.30. The SMILES string of the molecule is CCOC(=O)CNS(=O)(=O)c1cn(-c2ccccc2)nc1-c1cccs1. The van der Waals surface area contributed by atoms with Crippen LogP contribution in [0.15, 0.2) is 58.9 Å². The van der Waals surface area contributed by atoms with Crippen LogP contribution in [0.2, 0.25) is 0 Å². The van der Waals surface area contributed by atoms with E-state index in [0.717, 1.165) is 10.6 Å². The topological polar surface area (TPSA) is 90.3 Å². The maximum absolute atomic E-state index is 12.7. The highest BCUT2D eigenvalue weighted by atomic mass is 32.2. The van der Waals surface area contributed by atoms with Gasteiger partial charge in [-0.1, -0.05) is 24.3 Å². The van der Waals surface area contributed by atoms with E-state index in [2.05, 4.69) is 9.82 Å². The van der Waals surface area contributed by atoms with E-state index >= 15 is 0 Å². The number of sulfonamides is 1. The van der Waals surface area contributed by atoms with Crippen LogP contribution >= 0.6 is 11.3 Å². The average Bonchev–Trinajstić information content (AvgIpc) is 3.31. The highest BCUT2D eigenvalue weighted by Gasteiger charge is 2.25. The van der Waals surface area contributed by atoms with Crippen LogP contribution in [0, 0.1) is 0 Å². The number of aromatic nitrogens is 2. The number of carbonyl (C=O) groups excluding carboxylic acids is 1. The molecule has 1 aromatic carbocycles. The van der Waals surface area contributed by atoms with Crippen LogP contribution in [0.5, 0.6) is 0 Å². The van der Waals surface area contributed by atoms with E-state index in [0.29, 0.717) is 5.69 Å². The summed E-state index contributed by atoms with van der Waals surface area (Å²) < 4.78 is 34.0. The van der Waals surface area contributed by atoms with Crippen LogP contribution in [-0.4, -0.2) is 37.3 Å². The van der Waals surface area contributed by atoms with Crippen molar-refractivity contribution < 1.29 is 17.9 Å². The third-order valence-corrected chi connectivity index (χ3v) is 5.74. The monoisotopic (exact) mass is 391 g/mol. The van der Waals surface area contributed by atoms with Gasteiger partial charge in [-0.2, -0.15) is 9.82 Å². The van der Waals surface area contributed by atoms with Crippen molar-refractivity contribution in [3.8, 4) is 16.3 Å². The minimum absolute atomic E-state index is 0.00750. The second kappa shape index (κ2) is 7.81. The Morgan fingerprint density at radius 2 is 2.00 bits per heavy atom. The number of nitrogens with one attached hydrogen (secondary N) is 1. The predicted octanol–water partition coefficient (Wildman–Crippen LogP) is 2.44. The first kappa shape index (κ1) is 18.3. The molecule has 0 aliphatic heterocycles. The van der Waals surface area contributed by atoms with Gasteiger partial charge in [0.1, 0.15) is 17.1 Å². The molecule has 2 aromatic heterocycles. The van der Waals surface area contributed by atoms with Crippen molar-refractivity contribution in [1.29, 1.82) is 0 Å². The van der Waals surface area contributed by atoms with Crippen LogP contribution in [-0.2, 0) is 19.6 Å².